The second-order valence-electron chi connectivity index (χ2n) is 6.97. The quantitative estimate of drug-likeness (QED) is 0.743. The summed E-state index contributed by atoms with van der Waals surface area (Å²) in [6.07, 6.45) is 5.74. The van der Waals surface area contributed by atoms with Crippen LogP contribution in [-0.2, 0) is 4.74 Å². The highest BCUT2D eigenvalue weighted by Gasteiger charge is 2.60. The number of ether oxygens (including phenoxy) is 1. The summed E-state index contributed by atoms with van der Waals surface area (Å²) < 4.78 is 5.41. The number of amides is 1. The van der Waals surface area contributed by atoms with Gasteiger partial charge in [-0.3, -0.25) is 0 Å². The van der Waals surface area contributed by atoms with E-state index in [2.05, 4.69) is 13.8 Å². The van der Waals surface area contributed by atoms with E-state index >= 15 is 0 Å². The molecule has 0 aromatic rings. The lowest BCUT2D eigenvalue weighted by Crippen LogP contribution is -2.59. The van der Waals surface area contributed by atoms with Gasteiger partial charge in [-0.15, -0.1) is 0 Å². The predicted molar refractivity (Wildman–Crippen MR) is 60.7 cm³/mol. The summed E-state index contributed by atoms with van der Waals surface area (Å²) in [5.41, 5.74) is 5.89. The van der Waals surface area contributed by atoms with Crippen molar-refractivity contribution in [1.29, 1.82) is 0 Å². The molecule has 0 aliphatic heterocycles. The summed E-state index contributed by atoms with van der Waals surface area (Å²) in [6.45, 7) is 4.69. The fourth-order valence-corrected chi connectivity index (χ4v) is 5.39. The summed E-state index contributed by atoms with van der Waals surface area (Å²) in [5, 5.41) is 0. The maximum absolute atomic E-state index is 11.0. The lowest BCUT2D eigenvalue weighted by atomic mass is 9.44. The van der Waals surface area contributed by atoms with Gasteiger partial charge in [-0.05, 0) is 49.4 Å². The predicted octanol–water partition coefficient (Wildman–Crippen LogP) is 2.69. The van der Waals surface area contributed by atoms with E-state index in [0.29, 0.717) is 11.3 Å². The van der Waals surface area contributed by atoms with Crippen molar-refractivity contribution < 1.29 is 9.53 Å². The zero-order valence-corrected chi connectivity index (χ0v) is 10.2. The molecule has 0 heterocycles. The van der Waals surface area contributed by atoms with Gasteiger partial charge in [0.05, 0.1) is 0 Å². The van der Waals surface area contributed by atoms with E-state index in [4.69, 9.17) is 10.5 Å². The first-order valence-electron chi connectivity index (χ1n) is 6.36. The van der Waals surface area contributed by atoms with Gasteiger partial charge in [0.15, 0.2) is 0 Å². The highest BCUT2D eigenvalue weighted by molar-refractivity contribution is 5.65. The van der Waals surface area contributed by atoms with Crippen LogP contribution in [0, 0.1) is 22.7 Å². The summed E-state index contributed by atoms with van der Waals surface area (Å²) >= 11 is 0. The smallest absolute Gasteiger partial charge is 0.404 e. The third-order valence-electron chi connectivity index (χ3n) is 5.12. The number of primary amides is 1. The number of rotatable bonds is 1. The Labute approximate surface area is 96.7 Å². The second-order valence-corrected chi connectivity index (χ2v) is 6.97. The zero-order valence-electron chi connectivity index (χ0n) is 10.2. The van der Waals surface area contributed by atoms with Gasteiger partial charge in [0.2, 0.25) is 0 Å². The van der Waals surface area contributed by atoms with Gasteiger partial charge in [-0.1, -0.05) is 13.8 Å². The molecule has 5 atom stereocenters. The van der Waals surface area contributed by atoms with Crippen molar-refractivity contribution in [3.05, 3.63) is 0 Å². The van der Waals surface area contributed by atoms with Gasteiger partial charge in [0.25, 0.3) is 0 Å². The standard InChI is InChI=1S/C13H21NO2/c1-12-4-8-3-9(6-12)10(16-11(14)15)13(2,5-8)7-12/h8-10H,3-7H2,1-2H3,(H2,14,15). The average molecular weight is 223 g/mol. The van der Waals surface area contributed by atoms with Crippen LogP contribution >= 0.6 is 0 Å². The summed E-state index contributed by atoms with van der Waals surface area (Å²) in [5.74, 6) is 1.42. The normalized spacial score (nSPS) is 54.0. The molecular weight excluding hydrogens is 202 g/mol. The molecule has 4 bridgehead atoms. The molecule has 1 amide bonds. The Morgan fingerprint density at radius 2 is 2.06 bits per heavy atom. The van der Waals surface area contributed by atoms with E-state index < -0.39 is 6.09 Å². The molecule has 4 fully saturated rings. The Kier molecular flexibility index (Phi) is 1.91. The van der Waals surface area contributed by atoms with Crippen LogP contribution < -0.4 is 5.73 Å². The Bertz CT molecular complexity index is 343. The van der Waals surface area contributed by atoms with E-state index in [-0.39, 0.29) is 11.5 Å². The van der Waals surface area contributed by atoms with Crippen molar-refractivity contribution in [3.63, 3.8) is 0 Å². The fraction of sp³-hybridized carbons (Fsp3) is 0.923. The van der Waals surface area contributed by atoms with E-state index in [1.165, 1.54) is 32.1 Å². The van der Waals surface area contributed by atoms with Gasteiger partial charge >= 0.3 is 6.09 Å². The molecule has 5 unspecified atom stereocenters. The Morgan fingerprint density at radius 1 is 1.31 bits per heavy atom. The first-order valence-corrected chi connectivity index (χ1v) is 6.36. The van der Waals surface area contributed by atoms with Gasteiger partial charge < -0.3 is 10.5 Å². The molecule has 4 aliphatic carbocycles. The number of nitrogens with two attached hydrogens (primary N) is 1. The maximum atomic E-state index is 11.0. The highest BCUT2D eigenvalue weighted by Crippen LogP contribution is 2.65. The number of carbonyl (C=O) groups excluding carboxylic acids is 1. The number of hydrogen-bond acceptors (Lipinski definition) is 2. The van der Waals surface area contributed by atoms with Crippen molar-refractivity contribution in [1.82, 2.24) is 0 Å². The molecule has 16 heavy (non-hydrogen) atoms. The summed E-state index contributed by atoms with van der Waals surface area (Å²) in [4.78, 5) is 11.0. The Morgan fingerprint density at radius 3 is 2.62 bits per heavy atom. The molecule has 4 saturated carbocycles. The van der Waals surface area contributed by atoms with Crippen LogP contribution in [0.3, 0.4) is 0 Å². The van der Waals surface area contributed by atoms with Crippen LogP contribution in [-0.4, -0.2) is 12.2 Å². The maximum Gasteiger partial charge on any atom is 0.404 e. The second kappa shape index (κ2) is 2.93. The Balaban J connectivity index is 1.90. The monoisotopic (exact) mass is 223 g/mol. The molecule has 3 heteroatoms. The van der Waals surface area contributed by atoms with Gasteiger partial charge in [0.1, 0.15) is 6.10 Å². The molecular formula is C13H21NO2. The first kappa shape index (κ1) is 10.4. The fourth-order valence-electron chi connectivity index (χ4n) is 5.39. The van der Waals surface area contributed by atoms with E-state index in [1.54, 1.807) is 0 Å². The zero-order chi connectivity index (χ0) is 11.6. The molecule has 0 aromatic carbocycles. The largest absolute Gasteiger partial charge is 0.446 e. The SMILES string of the molecule is CC12CC3CC(C1)C(OC(N)=O)C(C)(C3)C2. The minimum absolute atomic E-state index is 0.0784. The Hall–Kier alpha value is -0.730. The number of carbonyl (C=O) groups is 1. The average Bonchev–Trinajstić information content (AvgIpc) is 2.07. The van der Waals surface area contributed by atoms with E-state index in [9.17, 15) is 4.79 Å². The third-order valence-corrected chi connectivity index (χ3v) is 5.12. The molecule has 0 radical (unpaired) electrons. The molecule has 4 aliphatic rings. The molecule has 90 valence electrons. The first-order chi connectivity index (χ1) is 7.40. The van der Waals surface area contributed by atoms with Crippen LogP contribution in [0.2, 0.25) is 0 Å². The van der Waals surface area contributed by atoms with Crippen LogP contribution in [0.25, 0.3) is 0 Å². The van der Waals surface area contributed by atoms with Crippen LogP contribution in [0.5, 0.6) is 0 Å². The molecule has 3 nitrogen and oxygen atoms in total. The van der Waals surface area contributed by atoms with Gasteiger partial charge in [0, 0.05) is 5.41 Å². The minimum Gasteiger partial charge on any atom is -0.446 e. The molecule has 0 spiro atoms. The molecule has 0 aromatic heterocycles. The highest BCUT2D eigenvalue weighted by atomic mass is 16.6. The van der Waals surface area contributed by atoms with Gasteiger partial charge in [-0.2, -0.15) is 0 Å². The molecule has 4 rings (SSSR count). The topological polar surface area (TPSA) is 52.3 Å². The van der Waals surface area contributed by atoms with Crippen LogP contribution in [0.15, 0.2) is 0 Å². The van der Waals surface area contributed by atoms with Crippen molar-refractivity contribution in [2.45, 2.75) is 52.1 Å². The van der Waals surface area contributed by atoms with Crippen molar-refractivity contribution in [2.24, 2.45) is 28.4 Å². The van der Waals surface area contributed by atoms with E-state index in [1.807, 2.05) is 0 Å². The van der Waals surface area contributed by atoms with Gasteiger partial charge in [-0.25, -0.2) is 4.79 Å². The number of hydrogen-bond donors (Lipinski definition) is 1. The van der Waals surface area contributed by atoms with Crippen molar-refractivity contribution in [2.75, 3.05) is 0 Å². The molecule has 2 N–H and O–H groups in total. The summed E-state index contributed by atoms with van der Waals surface area (Å²) in [6, 6.07) is 0. The van der Waals surface area contributed by atoms with Crippen molar-refractivity contribution >= 4 is 6.09 Å². The third kappa shape index (κ3) is 1.36. The minimum atomic E-state index is -0.594. The lowest BCUT2D eigenvalue weighted by Gasteiger charge is -2.63. The lowest BCUT2D eigenvalue weighted by molar-refractivity contribution is -0.176. The summed E-state index contributed by atoms with van der Waals surface area (Å²) in [7, 11) is 0. The van der Waals surface area contributed by atoms with Crippen LogP contribution in [0.1, 0.15) is 46.0 Å². The van der Waals surface area contributed by atoms with E-state index in [0.717, 1.165) is 5.92 Å². The van der Waals surface area contributed by atoms with Crippen LogP contribution in [0.4, 0.5) is 4.79 Å². The van der Waals surface area contributed by atoms with Crippen molar-refractivity contribution in [3.8, 4) is 0 Å². The molecule has 0 saturated heterocycles.